The summed E-state index contributed by atoms with van der Waals surface area (Å²) in [6, 6.07) is 0.784. The number of amides is 1. The summed E-state index contributed by atoms with van der Waals surface area (Å²) < 4.78 is 0. The van der Waals surface area contributed by atoms with E-state index in [0.29, 0.717) is 18.0 Å². The van der Waals surface area contributed by atoms with Crippen molar-refractivity contribution in [2.75, 3.05) is 19.6 Å². The summed E-state index contributed by atoms with van der Waals surface area (Å²) in [6.07, 6.45) is 4.83. The molecule has 4 nitrogen and oxygen atoms in total. The maximum Gasteiger partial charge on any atom is 0.222 e. The zero-order valence-electron chi connectivity index (χ0n) is 9.64. The molecule has 0 aromatic carbocycles. The second-order valence-electron chi connectivity index (χ2n) is 5.34. The Kier molecular flexibility index (Phi) is 2.64. The highest BCUT2D eigenvalue weighted by atomic mass is 16.3. The van der Waals surface area contributed by atoms with Crippen LogP contribution in [-0.4, -0.2) is 58.6 Å². The van der Waals surface area contributed by atoms with Crippen molar-refractivity contribution in [3.8, 4) is 0 Å². The number of hydrogen-bond acceptors (Lipinski definition) is 3. The van der Waals surface area contributed by atoms with Crippen LogP contribution in [0.15, 0.2) is 0 Å². The molecule has 1 N–H and O–H groups in total. The monoisotopic (exact) mass is 224 g/mol. The Bertz CT molecular complexity index is 295. The van der Waals surface area contributed by atoms with Gasteiger partial charge in [0.05, 0.1) is 6.10 Å². The van der Waals surface area contributed by atoms with Crippen molar-refractivity contribution in [1.82, 2.24) is 9.80 Å². The van der Waals surface area contributed by atoms with E-state index in [-0.39, 0.29) is 6.10 Å². The fourth-order valence-electron chi connectivity index (χ4n) is 3.54. The van der Waals surface area contributed by atoms with Gasteiger partial charge in [0.1, 0.15) is 0 Å². The minimum absolute atomic E-state index is 0.136. The molecular formula is C12H20N2O2. The van der Waals surface area contributed by atoms with Gasteiger partial charge in [0.25, 0.3) is 0 Å². The highest BCUT2D eigenvalue weighted by Gasteiger charge is 2.39. The van der Waals surface area contributed by atoms with Crippen molar-refractivity contribution in [3.05, 3.63) is 0 Å². The first-order valence-corrected chi connectivity index (χ1v) is 6.47. The molecule has 3 unspecified atom stereocenters. The summed E-state index contributed by atoms with van der Waals surface area (Å²) in [7, 11) is 0. The molecule has 16 heavy (non-hydrogen) atoms. The second kappa shape index (κ2) is 4.00. The van der Waals surface area contributed by atoms with Crippen LogP contribution in [0.25, 0.3) is 0 Å². The van der Waals surface area contributed by atoms with Gasteiger partial charge in [-0.1, -0.05) is 0 Å². The largest absolute Gasteiger partial charge is 0.391 e. The molecule has 1 saturated carbocycles. The van der Waals surface area contributed by atoms with Crippen molar-refractivity contribution < 1.29 is 9.90 Å². The maximum atomic E-state index is 11.6. The molecular weight excluding hydrogens is 204 g/mol. The topological polar surface area (TPSA) is 43.8 Å². The van der Waals surface area contributed by atoms with Crippen LogP contribution in [0.3, 0.4) is 0 Å². The highest BCUT2D eigenvalue weighted by Crippen LogP contribution is 2.29. The van der Waals surface area contributed by atoms with E-state index in [2.05, 4.69) is 4.90 Å². The van der Waals surface area contributed by atoms with Gasteiger partial charge in [-0.15, -0.1) is 0 Å². The quantitative estimate of drug-likeness (QED) is 0.692. The Morgan fingerprint density at radius 3 is 2.81 bits per heavy atom. The lowest BCUT2D eigenvalue weighted by atomic mass is 10.1. The minimum atomic E-state index is -0.136. The first kappa shape index (κ1) is 10.5. The maximum absolute atomic E-state index is 11.6. The third kappa shape index (κ3) is 1.64. The predicted molar refractivity (Wildman–Crippen MR) is 60.0 cm³/mol. The van der Waals surface area contributed by atoms with Crippen LogP contribution in [0.1, 0.15) is 32.1 Å². The van der Waals surface area contributed by atoms with Crippen LogP contribution >= 0.6 is 0 Å². The molecule has 0 bridgehead atoms. The number of piperazine rings is 1. The molecule has 90 valence electrons. The molecule has 3 aliphatic rings. The molecule has 0 spiro atoms. The average Bonchev–Trinajstić information content (AvgIpc) is 2.86. The molecule has 0 aromatic heterocycles. The van der Waals surface area contributed by atoms with E-state index in [9.17, 15) is 9.90 Å². The van der Waals surface area contributed by atoms with E-state index in [4.69, 9.17) is 0 Å². The smallest absolute Gasteiger partial charge is 0.222 e. The van der Waals surface area contributed by atoms with E-state index < -0.39 is 0 Å². The Morgan fingerprint density at radius 2 is 2.06 bits per heavy atom. The van der Waals surface area contributed by atoms with Crippen LogP contribution in [-0.2, 0) is 4.79 Å². The molecule has 2 aliphatic heterocycles. The van der Waals surface area contributed by atoms with E-state index in [1.165, 1.54) is 0 Å². The first-order chi connectivity index (χ1) is 7.75. The van der Waals surface area contributed by atoms with E-state index in [1.807, 2.05) is 4.90 Å². The van der Waals surface area contributed by atoms with Crippen LogP contribution in [0.2, 0.25) is 0 Å². The third-order valence-corrected chi connectivity index (χ3v) is 4.44. The summed E-state index contributed by atoms with van der Waals surface area (Å²) >= 11 is 0. The summed E-state index contributed by atoms with van der Waals surface area (Å²) in [5.74, 6) is 0.330. The number of rotatable bonds is 1. The molecule has 0 aromatic rings. The van der Waals surface area contributed by atoms with Crippen molar-refractivity contribution in [1.29, 1.82) is 0 Å². The van der Waals surface area contributed by atoms with Gasteiger partial charge in [-0.05, 0) is 25.7 Å². The SMILES string of the molecule is O=C1CCC2CN(C3CCCC3O)CCN12. The summed E-state index contributed by atoms with van der Waals surface area (Å²) in [4.78, 5) is 16.0. The fraction of sp³-hybridized carbons (Fsp3) is 0.917. The first-order valence-electron chi connectivity index (χ1n) is 6.47. The lowest BCUT2D eigenvalue weighted by molar-refractivity contribution is -0.131. The van der Waals surface area contributed by atoms with Crippen LogP contribution in [0.4, 0.5) is 0 Å². The predicted octanol–water partition coefficient (Wildman–Crippen LogP) is 0.206. The summed E-state index contributed by atoms with van der Waals surface area (Å²) in [6.45, 7) is 2.80. The van der Waals surface area contributed by atoms with Crippen molar-refractivity contribution in [2.45, 2.75) is 50.3 Å². The number of fused-ring (bicyclic) bond motifs is 1. The molecule has 1 amide bonds. The Hall–Kier alpha value is -0.610. The Morgan fingerprint density at radius 1 is 1.19 bits per heavy atom. The zero-order valence-corrected chi connectivity index (χ0v) is 9.64. The molecule has 3 atom stereocenters. The lowest BCUT2D eigenvalue weighted by Crippen LogP contribution is -2.55. The Balaban J connectivity index is 1.65. The van der Waals surface area contributed by atoms with Gasteiger partial charge >= 0.3 is 0 Å². The van der Waals surface area contributed by atoms with Crippen molar-refractivity contribution in [2.24, 2.45) is 0 Å². The minimum Gasteiger partial charge on any atom is -0.391 e. The number of aliphatic hydroxyl groups excluding tert-OH is 1. The Labute approximate surface area is 96.2 Å². The van der Waals surface area contributed by atoms with Crippen LogP contribution < -0.4 is 0 Å². The summed E-state index contributed by atoms with van der Waals surface area (Å²) in [5.41, 5.74) is 0. The van der Waals surface area contributed by atoms with E-state index in [1.54, 1.807) is 0 Å². The number of aliphatic hydroxyl groups is 1. The van der Waals surface area contributed by atoms with Gasteiger partial charge in [0, 0.05) is 38.1 Å². The van der Waals surface area contributed by atoms with Crippen molar-refractivity contribution in [3.63, 3.8) is 0 Å². The number of hydrogen-bond donors (Lipinski definition) is 1. The number of carbonyl (C=O) groups is 1. The number of nitrogens with zero attached hydrogens (tertiary/aromatic N) is 2. The lowest BCUT2D eigenvalue weighted by Gasteiger charge is -2.41. The second-order valence-corrected chi connectivity index (χ2v) is 5.34. The van der Waals surface area contributed by atoms with Gasteiger partial charge in [-0.2, -0.15) is 0 Å². The molecule has 3 rings (SSSR count). The fourth-order valence-corrected chi connectivity index (χ4v) is 3.54. The zero-order chi connectivity index (χ0) is 11.1. The molecule has 3 fully saturated rings. The summed E-state index contributed by atoms with van der Waals surface area (Å²) in [5, 5.41) is 9.91. The van der Waals surface area contributed by atoms with Crippen LogP contribution in [0.5, 0.6) is 0 Å². The average molecular weight is 224 g/mol. The molecule has 4 heteroatoms. The van der Waals surface area contributed by atoms with Crippen molar-refractivity contribution >= 4 is 5.91 Å². The third-order valence-electron chi connectivity index (χ3n) is 4.44. The van der Waals surface area contributed by atoms with Gasteiger partial charge in [-0.3, -0.25) is 9.69 Å². The van der Waals surface area contributed by atoms with E-state index in [0.717, 1.165) is 51.7 Å². The highest BCUT2D eigenvalue weighted by molar-refractivity contribution is 5.78. The van der Waals surface area contributed by atoms with Crippen LogP contribution in [0, 0.1) is 0 Å². The normalized spacial score (nSPS) is 40.4. The molecule has 0 radical (unpaired) electrons. The van der Waals surface area contributed by atoms with Gasteiger partial charge < -0.3 is 10.0 Å². The number of carbonyl (C=O) groups excluding carboxylic acids is 1. The standard InChI is InChI=1S/C12H20N2O2/c15-11-3-1-2-10(11)13-6-7-14-9(8-13)4-5-12(14)16/h9-11,15H,1-8H2. The van der Waals surface area contributed by atoms with Gasteiger partial charge in [-0.25, -0.2) is 0 Å². The van der Waals surface area contributed by atoms with Gasteiger partial charge in [0.15, 0.2) is 0 Å². The molecule has 2 heterocycles. The van der Waals surface area contributed by atoms with Gasteiger partial charge in [0.2, 0.25) is 5.91 Å². The van der Waals surface area contributed by atoms with E-state index >= 15 is 0 Å². The molecule has 1 aliphatic carbocycles. The molecule has 2 saturated heterocycles.